The molecule has 0 unspecified atom stereocenters. The van der Waals surface area contributed by atoms with Crippen LogP contribution in [-0.2, 0) is 17.9 Å². The molecule has 7 nitrogen and oxygen atoms in total. The Morgan fingerprint density at radius 3 is 2.54 bits per heavy atom. The van der Waals surface area contributed by atoms with Crippen molar-refractivity contribution in [2.45, 2.75) is 25.2 Å². The highest BCUT2D eigenvalue weighted by atomic mass is 35.5. The van der Waals surface area contributed by atoms with E-state index in [2.05, 4.69) is 10.2 Å². The predicted octanol–water partition coefficient (Wildman–Crippen LogP) is 6.56. The summed E-state index contributed by atoms with van der Waals surface area (Å²) in [4.78, 5) is 12.1. The molecule has 0 aliphatic heterocycles. The van der Waals surface area contributed by atoms with Gasteiger partial charge in [0.2, 0.25) is 0 Å². The zero-order chi connectivity index (χ0) is 26.4. The first-order valence-electron chi connectivity index (χ1n) is 11.3. The van der Waals surface area contributed by atoms with Gasteiger partial charge in [-0.15, -0.1) is 10.2 Å². The van der Waals surface area contributed by atoms with Crippen LogP contribution in [0.1, 0.15) is 18.1 Å². The molecule has 0 amide bonds. The van der Waals surface area contributed by atoms with E-state index in [-0.39, 0.29) is 17.3 Å². The van der Waals surface area contributed by atoms with E-state index in [1.54, 1.807) is 48.5 Å². The van der Waals surface area contributed by atoms with Crippen LogP contribution in [-0.4, -0.2) is 33.0 Å². The first-order valence-corrected chi connectivity index (χ1v) is 12.4. The van der Waals surface area contributed by atoms with E-state index in [4.69, 9.17) is 21.1 Å². The quantitative estimate of drug-likeness (QED) is 0.180. The predicted molar refractivity (Wildman–Crippen MR) is 141 cm³/mol. The molecular formula is C27H23ClFN3O4S. The molecule has 0 atom stereocenters. The third-order valence-electron chi connectivity index (χ3n) is 5.37. The number of hydrogen-bond donors (Lipinski definition) is 1. The third-order valence-corrected chi connectivity index (χ3v) is 6.62. The van der Waals surface area contributed by atoms with Crippen molar-refractivity contribution in [2.75, 3.05) is 7.11 Å². The summed E-state index contributed by atoms with van der Waals surface area (Å²) in [7, 11) is 1.48. The summed E-state index contributed by atoms with van der Waals surface area (Å²) in [5.74, 6) is -0.0531. The number of carboxylic acids is 1. The maximum atomic E-state index is 13.9. The Hall–Kier alpha value is -3.82. The minimum absolute atomic E-state index is 0.0249. The van der Waals surface area contributed by atoms with Crippen LogP contribution in [0.25, 0.3) is 17.5 Å². The molecule has 37 heavy (non-hydrogen) atoms. The van der Waals surface area contributed by atoms with Crippen molar-refractivity contribution in [3.63, 3.8) is 0 Å². The van der Waals surface area contributed by atoms with Gasteiger partial charge in [0.05, 0.1) is 7.11 Å². The SMILES string of the molecule is CCn1c(S/C(=C\c2ccc(OCc3ccccc3F)c(OC)c2)C(=O)O)nnc1-c1ccc(Cl)cc1. The van der Waals surface area contributed by atoms with Gasteiger partial charge < -0.3 is 19.1 Å². The Kier molecular flexibility index (Phi) is 8.47. The lowest BCUT2D eigenvalue weighted by Gasteiger charge is -2.12. The zero-order valence-electron chi connectivity index (χ0n) is 20.0. The van der Waals surface area contributed by atoms with E-state index in [0.717, 1.165) is 17.3 Å². The van der Waals surface area contributed by atoms with E-state index < -0.39 is 5.97 Å². The molecule has 1 aromatic heterocycles. The van der Waals surface area contributed by atoms with Crippen molar-refractivity contribution in [1.82, 2.24) is 14.8 Å². The molecule has 4 aromatic rings. The van der Waals surface area contributed by atoms with Gasteiger partial charge in [-0.1, -0.05) is 35.9 Å². The Morgan fingerprint density at radius 1 is 1.11 bits per heavy atom. The number of methoxy groups -OCH3 is 1. The largest absolute Gasteiger partial charge is 0.493 e. The molecule has 10 heteroatoms. The molecule has 0 aliphatic rings. The monoisotopic (exact) mass is 539 g/mol. The van der Waals surface area contributed by atoms with Gasteiger partial charge in [0, 0.05) is 22.7 Å². The highest BCUT2D eigenvalue weighted by molar-refractivity contribution is 8.04. The summed E-state index contributed by atoms with van der Waals surface area (Å²) >= 11 is 6.99. The summed E-state index contributed by atoms with van der Waals surface area (Å²) in [6.45, 7) is 2.50. The fraction of sp³-hybridized carbons (Fsp3) is 0.148. The highest BCUT2D eigenvalue weighted by Crippen LogP contribution is 2.33. The number of aromatic nitrogens is 3. The number of carboxylic acid groups (broad SMARTS) is 1. The first kappa shape index (κ1) is 26.2. The molecule has 0 fully saturated rings. The van der Waals surface area contributed by atoms with E-state index in [1.165, 1.54) is 19.3 Å². The van der Waals surface area contributed by atoms with E-state index in [9.17, 15) is 14.3 Å². The molecule has 0 bridgehead atoms. The number of benzene rings is 3. The molecule has 4 rings (SSSR count). The number of carbonyl (C=O) groups is 1. The Bertz CT molecular complexity index is 1440. The number of nitrogens with zero attached hydrogens (tertiary/aromatic N) is 3. The number of hydrogen-bond acceptors (Lipinski definition) is 6. The molecule has 0 saturated heterocycles. The third kappa shape index (κ3) is 6.31. The van der Waals surface area contributed by atoms with Gasteiger partial charge in [-0.2, -0.15) is 0 Å². The topological polar surface area (TPSA) is 86.5 Å². The number of rotatable bonds is 10. The molecule has 0 radical (unpaired) electrons. The van der Waals surface area contributed by atoms with Crippen molar-refractivity contribution in [1.29, 1.82) is 0 Å². The Balaban J connectivity index is 1.57. The van der Waals surface area contributed by atoms with Crippen LogP contribution in [0, 0.1) is 5.82 Å². The summed E-state index contributed by atoms with van der Waals surface area (Å²) in [5, 5.41) is 19.4. The van der Waals surface area contributed by atoms with Crippen LogP contribution in [0.15, 0.2) is 76.8 Å². The summed E-state index contributed by atoms with van der Waals surface area (Å²) in [5.41, 5.74) is 1.82. The second kappa shape index (κ2) is 11.9. The lowest BCUT2D eigenvalue weighted by Crippen LogP contribution is -2.03. The van der Waals surface area contributed by atoms with Gasteiger partial charge in [0.25, 0.3) is 0 Å². The minimum atomic E-state index is -1.11. The summed E-state index contributed by atoms with van der Waals surface area (Å²) in [6, 6.07) is 18.6. The molecule has 1 N–H and O–H groups in total. The van der Waals surface area contributed by atoms with Gasteiger partial charge >= 0.3 is 5.97 Å². The van der Waals surface area contributed by atoms with Crippen LogP contribution in [0.3, 0.4) is 0 Å². The summed E-state index contributed by atoms with van der Waals surface area (Å²) in [6.07, 6.45) is 1.52. The average Bonchev–Trinajstić information content (AvgIpc) is 3.31. The number of aliphatic carboxylic acids is 1. The van der Waals surface area contributed by atoms with E-state index in [1.807, 2.05) is 23.6 Å². The Morgan fingerprint density at radius 2 is 1.86 bits per heavy atom. The lowest BCUT2D eigenvalue weighted by molar-refractivity contribution is -0.131. The van der Waals surface area contributed by atoms with Crippen LogP contribution < -0.4 is 9.47 Å². The molecule has 0 spiro atoms. The lowest BCUT2D eigenvalue weighted by atomic mass is 10.2. The number of thioether (sulfide) groups is 1. The normalized spacial score (nSPS) is 11.4. The summed E-state index contributed by atoms with van der Waals surface area (Å²) < 4.78 is 26.9. The number of halogens is 2. The standard InChI is InChI=1S/C27H23ClFN3O4S/c1-3-32-25(18-9-11-20(28)12-10-18)30-31-27(32)37-24(26(33)34)15-17-8-13-22(23(14-17)35-2)36-16-19-6-4-5-7-21(19)29/h4-15H,3,16H2,1-2H3,(H,33,34)/b24-15-. The molecule has 190 valence electrons. The van der Waals surface area contributed by atoms with Crippen LogP contribution in [0.2, 0.25) is 5.02 Å². The zero-order valence-corrected chi connectivity index (χ0v) is 21.6. The van der Waals surface area contributed by atoms with Crippen molar-refractivity contribution in [2.24, 2.45) is 0 Å². The highest BCUT2D eigenvalue weighted by Gasteiger charge is 2.19. The number of ether oxygens (including phenoxy) is 2. The van der Waals surface area contributed by atoms with Gasteiger partial charge in [0.1, 0.15) is 17.3 Å². The maximum absolute atomic E-state index is 13.9. The van der Waals surface area contributed by atoms with Crippen LogP contribution in [0.5, 0.6) is 11.5 Å². The molecule has 0 saturated carbocycles. The second-order valence-electron chi connectivity index (χ2n) is 7.76. The van der Waals surface area contributed by atoms with Gasteiger partial charge in [-0.05, 0) is 72.8 Å². The van der Waals surface area contributed by atoms with Gasteiger partial charge in [-0.25, -0.2) is 9.18 Å². The average molecular weight is 540 g/mol. The molecule has 0 aliphatic carbocycles. The Labute approximate surface area is 222 Å². The molecular weight excluding hydrogens is 517 g/mol. The van der Waals surface area contributed by atoms with Crippen LogP contribution >= 0.6 is 23.4 Å². The minimum Gasteiger partial charge on any atom is -0.493 e. The van der Waals surface area contributed by atoms with Crippen LogP contribution in [0.4, 0.5) is 4.39 Å². The fourth-order valence-corrected chi connectivity index (χ4v) is 4.52. The van der Waals surface area contributed by atoms with Crippen molar-refractivity contribution >= 4 is 35.4 Å². The fourth-order valence-electron chi connectivity index (χ4n) is 3.51. The molecule has 1 heterocycles. The smallest absolute Gasteiger partial charge is 0.342 e. The van der Waals surface area contributed by atoms with E-state index >= 15 is 0 Å². The van der Waals surface area contributed by atoms with Crippen molar-refractivity contribution in [3.8, 4) is 22.9 Å². The first-order chi connectivity index (χ1) is 17.9. The second-order valence-corrected chi connectivity index (χ2v) is 9.21. The van der Waals surface area contributed by atoms with Crippen molar-refractivity contribution in [3.05, 3.63) is 93.6 Å². The maximum Gasteiger partial charge on any atom is 0.342 e. The van der Waals surface area contributed by atoms with Crippen molar-refractivity contribution < 1.29 is 23.8 Å². The van der Waals surface area contributed by atoms with Gasteiger partial charge in [-0.3, -0.25) is 0 Å². The van der Waals surface area contributed by atoms with E-state index in [0.29, 0.717) is 45.2 Å². The molecule has 3 aromatic carbocycles. The van der Waals surface area contributed by atoms with Gasteiger partial charge in [0.15, 0.2) is 22.5 Å².